The van der Waals surface area contributed by atoms with E-state index in [0.717, 1.165) is 36.8 Å². The molecule has 0 amide bonds. The van der Waals surface area contributed by atoms with E-state index in [2.05, 4.69) is 43.3 Å². The first-order valence-corrected chi connectivity index (χ1v) is 15.5. The predicted molar refractivity (Wildman–Crippen MR) is 161 cm³/mol. The number of rotatable bonds is 20. The molecule has 4 heteroatoms. The molecule has 216 valence electrons. The Morgan fingerprint density at radius 1 is 0.795 bits per heavy atom. The van der Waals surface area contributed by atoms with Gasteiger partial charge in [0.15, 0.2) is 0 Å². The number of aliphatic hydroxyl groups is 1. The van der Waals surface area contributed by atoms with Gasteiger partial charge in [-0.3, -0.25) is 0 Å². The van der Waals surface area contributed by atoms with Crippen molar-refractivity contribution < 1.29 is 19.3 Å². The summed E-state index contributed by atoms with van der Waals surface area (Å²) >= 11 is 0. The molecule has 1 heterocycles. The van der Waals surface area contributed by atoms with Crippen molar-refractivity contribution >= 4 is 0 Å². The predicted octanol–water partition coefficient (Wildman–Crippen LogP) is 8.56. The molecule has 4 atom stereocenters. The van der Waals surface area contributed by atoms with Gasteiger partial charge < -0.3 is 19.3 Å². The third-order valence-corrected chi connectivity index (χ3v) is 7.65. The molecule has 0 radical (unpaired) electrons. The maximum atomic E-state index is 10.6. The average molecular weight is 537 g/mol. The Balaban J connectivity index is 1.41. The minimum absolute atomic E-state index is 0.0939. The second-order valence-electron chi connectivity index (χ2n) is 11.0. The summed E-state index contributed by atoms with van der Waals surface area (Å²) in [7, 11) is 0. The summed E-state index contributed by atoms with van der Waals surface area (Å²) in [6.07, 6.45) is 19.1. The largest absolute Gasteiger partial charge is 0.390 e. The smallest absolute Gasteiger partial charge is 0.107 e. The van der Waals surface area contributed by atoms with Crippen molar-refractivity contribution in [1.29, 1.82) is 0 Å². The monoisotopic (exact) mass is 536 g/mol. The van der Waals surface area contributed by atoms with Crippen molar-refractivity contribution in [2.24, 2.45) is 0 Å². The second kappa shape index (κ2) is 20.0. The highest BCUT2D eigenvalue weighted by atomic mass is 16.6. The highest BCUT2D eigenvalue weighted by Crippen LogP contribution is 2.26. The molecular formula is C35H52O4. The summed E-state index contributed by atoms with van der Waals surface area (Å²) in [5.74, 6) is 0. The Kier molecular flexibility index (Phi) is 16.2. The van der Waals surface area contributed by atoms with Gasteiger partial charge >= 0.3 is 0 Å². The van der Waals surface area contributed by atoms with Crippen LogP contribution in [0, 0.1) is 0 Å². The van der Waals surface area contributed by atoms with Gasteiger partial charge in [0.2, 0.25) is 0 Å². The molecule has 0 saturated carbocycles. The van der Waals surface area contributed by atoms with Gasteiger partial charge in [-0.05, 0) is 43.2 Å². The van der Waals surface area contributed by atoms with Crippen LogP contribution >= 0.6 is 0 Å². The van der Waals surface area contributed by atoms with Gasteiger partial charge in [-0.15, -0.1) is 0 Å². The number of hydrogen-bond acceptors (Lipinski definition) is 4. The first kappa shape index (κ1) is 31.5. The quantitative estimate of drug-likeness (QED) is 0.136. The van der Waals surface area contributed by atoms with E-state index in [9.17, 15) is 5.11 Å². The summed E-state index contributed by atoms with van der Waals surface area (Å²) < 4.78 is 18.9. The number of allylic oxidation sites excluding steroid dienone is 1. The van der Waals surface area contributed by atoms with E-state index in [0.29, 0.717) is 19.8 Å². The van der Waals surface area contributed by atoms with E-state index in [4.69, 9.17) is 14.2 Å². The standard InChI is InChI=1S/C35H52O4/c1-2-3-4-5-6-7-8-9-10-11-12-19-24-33-32(36)25-26-34(39-33)35(38-28-31-22-17-14-18-23-31)29-37-27-30-20-15-13-16-21-30/h12-23,32-36H,2-11,24-29H2,1H3/b19-12-/t32-,33-,34-,35-/m1/s1. The third-order valence-electron chi connectivity index (χ3n) is 7.65. The number of benzene rings is 2. The number of unbranched alkanes of at least 4 members (excludes halogenated alkanes) is 9. The fourth-order valence-electron chi connectivity index (χ4n) is 5.22. The molecule has 0 unspecified atom stereocenters. The molecule has 0 aliphatic carbocycles. The third kappa shape index (κ3) is 13.3. The molecule has 4 nitrogen and oxygen atoms in total. The Bertz CT molecular complexity index is 869. The summed E-state index contributed by atoms with van der Waals surface area (Å²) in [5.41, 5.74) is 2.28. The normalized spacial score (nSPS) is 20.4. The van der Waals surface area contributed by atoms with E-state index < -0.39 is 6.10 Å². The van der Waals surface area contributed by atoms with Crippen LogP contribution in [0.25, 0.3) is 0 Å². The van der Waals surface area contributed by atoms with Crippen LogP contribution in [0.5, 0.6) is 0 Å². The molecule has 1 aliphatic rings. The molecule has 3 rings (SSSR count). The van der Waals surface area contributed by atoms with Crippen LogP contribution in [0.1, 0.15) is 102 Å². The molecule has 0 spiro atoms. The molecule has 1 saturated heterocycles. The molecule has 0 aromatic heterocycles. The summed E-state index contributed by atoms with van der Waals surface area (Å²) in [5, 5.41) is 10.6. The van der Waals surface area contributed by atoms with Crippen molar-refractivity contribution in [2.75, 3.05) is 6.61 Å². The van der Waals surface area contributed by atoms with Crippen LogP contribution in [-0.2, 0) is 27.4 Å². The lowest BCUT2D eigenvalue weighted by atomic mass is 9.96. The van der Waals surface area contributed by atoms with Crippen LogP contribution in [0.3, 0.4) is 0 Å². The fraction of sp³-hybridized carbons (Fsp3) is 0.600. The Morgan fingerprint density at radius 3 is 2.08 bits per heavy atom. The minimum atomic E-state index is -0.432. The lowest BCUT2D eigenvalue weighted by Gasteiger charge is -2.37. The lowest BCUT2D eigenvalue weighted by Crippen LogP contribution is -2.46. The topological polar surface area (TPSA) is 47.9 Å². The van der Waals surface area contributed by atoms with E-state index in [1.54, 1.807) is 0 Å². The zero-order valence-corrected chi connectivity index (χ0v) is 24.2. The highest BCUT2D eigenvalue weighted by molar-refractivity contribution is 5.14. The first-order valence-electron chi connectivity index (χ1n) is 15.5. The van der Waals surface area contributed by atoms with Gasteiger partial charge in [0.05, 0.1) is 38.1 Å². The Morgan fingerprint density at radius 2 is 1.41 bits per heavy atom. The fourth-order valence-corrected chi connectivity index (χ4v) is 5.22. The minimum Gasteiger partial charge on any atom is -0.390 e. The van der Waals surface area contributed by atoms with Crippen LogP contribution in [-0.4, -0.2) is 36.1 Å². The van der Waals surface area contributed by atoms with Crippen molar-refractivity contribution in [3.63, 3.8) is 0 Å². The zero-order valence-electron chi connectivity index (χ0n) is 24.2. The van der Waals surface area contributed by atoms with E-state index in [-0.39, 0.29) is 18.3 Å². The molecule has 1 N–H and O–H groups in total. The van der Waals surface area contributed by atoms with Gasteiger partial charge in [-0.1, -0.05) is 131 Å². The molecule has 39 heavy (non-hydrogen) atoms. The highest BCUT2D eigenvalue weighted by Gasteiger charge is 2.34. The SMILES string of the molecule is CCCCCCCCCCC/C=C\C[C@H]1O[C@@H]([C@@H](COCc2ccccc2)OCc2ccccc2)CC[C@H]1O. The van der Waals surface area contributed by atoms with Gasteiger partial charge in [0.25, 0.3) is 0 Å². The average Bonchev–Trinajstić information content (AvgIpc) is 2.97. The summed E-state index contributed by atoms with van der Waals surface area (Å²) in [6, 6.07) is 20.5. The van der Waals surface area contributed by atoms with Crippen LogP contribution in [0.15, 0.2) is 72.8 Å². The summed E-state index contributed by atoms with van der Waals surface area (Å²) in [6.45, 7) is 3.80. The molecule has 0 bridgehead atoms. The molecule has 1 aliphatic heterocycles. The van der Waals surface area contributed by atoms with E-state index in [1.807, 2.05) is 36.4 Å². The van der Waals surface area contributed by atoms with Crippen molar-refractivity contribution in [3.05, 3.63) is 83.9 Å². The number of ether oxygens (including phenoxy) is 3. The maximum Gasteiger partial charge on any atom is 0.107 e. The number of aliphatic hydroxyl groups excluding tert-OH is 1. The van der Waals surface area contributed by atoms with Crippen LogP contribution in [0.4, 0.5) is 0 Å². The summed E-state index contributed by atoms with van der Waals surface area (Å²) in [4.78, 5) is 0. The van der Waals surface area contributed by atoms with Crippen molar-refractivity contribution in [1.82, 2.24) is 0 Å². The Labute approximate surface area is 237 Å². The van der Waals surface area contributed by atoms with Crippen LogP contribution < -0.4 is 0 Å². The maximum absolute atomic E-state index is 10.6. The van der Waals surface area contributed by atoms with Crippen LogP contribution in [0.2, 0.25) is 0 Å². The Hall–Kier alpha value is -1.98. The zero-order chi connectivity index (χ0) is 27.4. The number of hydrogen-bond donors (Lipinski definition) is 1. The molecular weight excluding hydrogens is 484 g/mol. The van der Waals surface area contributed by atoms with E-state index in [1.165, 1.54) is 57.8 Å². The van der Waals surface area contributed by atoms with Crippen molar-refractivity contribution in [2.45, 2.75) is 128 Å². The van der Waals surface area contributed by atoms with Gasteiger partial charge in [0.1, 0.15) is 6.10 Å². The molecule has 2 aromatic rings. The molecule has 2 aromatic carbocycles. The van der Waals surface area contributed by atoms with E-state index >= 15 is 0 Å². The second-order valence-corrected chi connectivity index (χ2v) is 11.0. The van der Waals surface area contributed by atoms with Gasteiger partial charge in [-0.2, -0.15) is 0 Å². The first-order chi connectivity index (χ1) is 19.3. The molecule has 1 fully saturated rings. The van der Waals surface area contributed by atoms with Crippen molar-refractivity contribution in [3.8, 4) is 0 Å². The van der Waals surface area contributed by atoms with Gasteiger partial charge in [0, 0.05) is 0 Å². The van der Waals surface area contributed by atoms with Gasteiger partial charge in [-0.25, -0.2) is 0 Å². The lowest BCUT2D eigenvalue weighted by molar-refractivity contribution is -0.177.